The Morgan fingerprint density at radius 2 is 1.86 bits per heavy atom. The third-order valence-corrected chi connectivity index (χ3v) is 13.8. The lowest BCUT2D eigenvalue weighted by molar-refractivity contribution is -0.158. The van der Waals surface area contributed by atoms with E-state index in [1.807, 2.05) is 31.2 Å². The molecule has 1 unspecified atom stereocenters. The van der Waals surface area contributed by atoms with Gasteiger partial charge in [-0.15, -0.1) is 0 Å². The maximum atomic E-state index is 14.7. The van der Waals surface area contributed by atoms with Gasteiger partial charge in [0.05, 0.1) is 36.1 Å². The van der Waals surface area contributed by atoms with Crippen LogP contribution in [0, 0.1) is 11.3 Å². The number of fused-ring (bicyclic) bond motifs is 6. The zero-order chi connectivity index (χ0) is 46.9. The molecule has 66 heavy (non-hydrogen) atoms. The fourth-order valence-corrected chi connectivity index (χ4v) is 10.1. The second-order valence-corrected chi connectivity index (χ2v) is 18.9. The van der Waals surface area contributed by atoms with Crippen LogP contribution >= 0.6 is 0 Å². The largest absolute Gasteiger partial charge is 0.464 e. The lowest BCUT2D eigenvalue weighted by Gasteiger charge is -2.40. The summed E-state index contributed by atoms with van der Waals surface area (Å²) in [5.41, 5.74) is 10.4. The van der Waals surface area contributed by atoms with Crippen LogP contribution in [-0.4, -0.2) is 125 Å². The highest BCUT2D eigenvalue weighted by atomic mass is 16.5. The lowest BCUT2D eigenvalue weighted by atomic mass is 9.84. The number of hydrazine groups is 1. The van der Waals surface area contributed by atoms with E-state index in [4.69, 9.17) is 19.2 Å². The molecule has 0 saturated carbocycles. The predicted octanol–water partition coefficient (Wildman–Crippen LogP) is 5.40. The van der Waals surface area contributed by atoms with Gasteiger partial charge in [-0.3, -0.25) is 34.0 Å². The molecule has 15 nitrogen and oxygen atoms in total. The number of ether oxygens (including phenoxy) is 3. The number of likely N-dealkylation sites (N-methyl/N-ethyl adjacent to an activating group) is 1. The minimum Gasteiger partial charge on any atom is -0.464 e. The molecule has 0 radical (unpaired) electrons. The van der Waals surface area contributed by atoms with Gasteiger partial charge in [0.15, 0.2) is 0 Å². The number of benzene rings is 2. The average molecular weight is 902 g/mol. The summed E-state index contributed by atoms with van der Waals surface area (Å²) in [5, 5.41) is 5.55. The van der Waals surface area contributed by atoms with E-state index in [9.17, 15) is 24.0 Å². The SMILES string of the molecule is C=CC(=O)N1CCC(C(=O)N(C)[C@H](C(=O)N[C@H]2Cc3cccc(c3)-c3ccc4c(c3)c(c(-c3cccnc3[C@H](C)OC)n4CC)CC(C)(C)COC(=O)[C@@H]3CCCN(N3)C2=O)[C@H]2CCO2)C1. The molecule has 4 aliphatic rings. The molecule has 2 aromatic carbocycles. The quantitative estimate of drug-likeness (QED) is 0.156. The number of hydrogen-bond acceptors (Lipinski definition) is 10. The fourth-order valence-electron chi connectivity index (χ4n) is 10.1. The molecule has 4 aromatic rings. The number of esters is 1. The molecule has 4 aliphatic heterocycles. The zero-order valence-electron chi connectivity index (χ0n) is 39.0. The second-order valence-electron chi connectivity index (χ2n) is 18.9. The second kappa shape index (κ2) is 19.5. The summed E-state index contributed by atoms with van der Waals surface area (Å²) in [4.78, 5) is 77.4. The molecule has 350 valence electrons. The van der Waals surface area contributed by atoms with Crippen molar-refractivity contribution in [3.8, 4) is 22.4 Å². The Morgan fingerprint density at radius 3 is 2.59 bits per heavy atom. The first-order valence-electron chi connectivity index (χ1n) is 23.3. The van der Waals surface area contributed by atoms with Crippen LogP contribution in [0.25, 0.3) is 33.3 Å². The number of amides is 4. The molecule has 0 spiro atoms. The number of rotatable bonds is 10. The maximum absolute atomic E-state index is 14.7. The highest BCUT2D eigenvalue weighted by Crippen LogP contribution is 2.42. The molecule has 4 amide bonds. The third-order valence-electron chi connectivity index (χ3n) is 13.8. The first kappa shape index (κ1) is 46.6. The minimum atomic E-state index is -1.08. The Balaban J connectivity index is 1.18. The average Bonchev–Trinajstić information content (AvgIpc) is 3.93. The summed E-state index contributed by atoms with van der Waals surface area (Å²) in [6.45, 7) is 14.1. The number of aromatic nitrogens is 2. The van der Waals surface area contributed by atoms with E-state index in [0.29, 0.717) is 58.3 Å². The molecule has 6 bridgehead atoms. The van der Waals surface area contributed by atoms with E-state index in [1.165, 1.54) is 16.0 Å². The molecule has 6 atom stereocenters. The van der Waals surface area contributed by atoms with E-state index in [2.05, 4.69) is 73.0 Å². The van der Waals surface area contributed by atoms with Crippen molar-refractivity contribution in [1.82, 2.24) is 35.1 Å². The molecule has 3 fully saturated rings. The Hall–Kier alpha value is -5.90. The predicted molar refractivity (Wildman–Crippen MR) is 249 cm³/mol. The van der Waals surface area contributed by atoms with Crippen LogP contribution in [0.4, 0.5) is 0 Å². The summed E-state index contributed by atoms with van der Waals surface area (Å²) in [6, 6.07) is 15.7. The maximum Gasteiger partial charge on any atom is 0.324 e. The first-order valence-corrected chi connectivity index (χ1v) is 23.3. The van der Waals surface area contributed by atoms with E-state index < -0.39 is 53.3 Å². The Labute approximate surface area is 386 Å². The third kappa shape index (κ3) is 9.38. The van der Waals surface area contributed by atoms with Crippen LogP contribution in [0.15, 0.2) is 73.4 Å². The van der Waals surface area contributed by atoms with Crippen molar-refractivity contribution in [2.45, 2.75) is 103 Å². The molecule has 8 rings (SSSR count). The summed E-state index contributed by atoms with van der Waals surface area (Å²) in [7, 11) is 3.27. The van der Waals surface area contributed by atoms with Crippen LogP contribution in [0.3, 0.4) is 0 Å². The van der Waals surface area contributed by atoms with Crippen LogP contribution in [0.2, 0.25) is 0 Å². The van der Waals surface area contributed by atoms with Crippen LogP contribution in [-0.2, 0) is 57.6 Å². The van der Waals surface area contributed by atoms with E-state index in [-0.39, 0.29) is 37.5 Å². The first-order chi connectivity index (χ1) is 31.7. The Morgan fingerprint density at radius 1 is 1.08 bits per heavy atom. The van der Waals surface area contributed by atoms with Gasteiger partial charge in [0.2, 0.25) is 17.7 Å². The lowest BCUT2D eigenvalue weighted by Crippen LogP contribution is -2.64. The number of nitrogens with zero attached hydrogens (tertiary/aromatic N) is 5. The number of cyclic esters (lactones) is 1. The van der Waals surface area contributed by atoms with Crippen molar-refractivity contribution in [3.63, 3.8) is 0 Å². The summed E-state index contributed by atoms with van der Waals surface area (Å²) in [6.07, 6.45) is 4.93. The Bertz CT molecular complexity index is 2510. The topological polar surface area (TPSA) is 165 Å². The number of carbonyl (C=O) groups excluding carboxylic acids is 5. The van der Waals surface area contributed by atoms with Gasteiger partial charge in [0.25, 0.3) is 5.91 Å². The van der Waals surface area contributed by atoms with Crippen molar-refractivity contribution in [2.24, 2.45) is 11.3 Å². The van der Waals surface area contributed by atoms with E-state index >= 15 is 0 Å². The highest BCUT2D eigenvalue weighted by Gasteiger charge is 2.44. The number of aryl methyl sites for hydroxylation is 1. The number of carbonyl (C=O) groups is 5. The molecule has 0 aliphatic carbocycles. The molecule has 2 aromatic heterocycles. The smallest absolute Gasteiger partial charge is 0.324 e. The van der Waals surface area contributed by atoms with Gasteiger partial charge >= 0.3 is 5.97 Å². The fraction of sp³-hybridized carbons (Fsp3) is 0.490. The van der Waals surface area contributed by atoms with Crippen LogP contribution in [0.5, 0.6) is 0 Å². The van der Waals surface area contributed by atoms with Gasteiger partial charge in [-0.25, -0.2) is 5.43 Å². The zero-order valence-corrected chi connectivity index (χ0v) is 39.0. The van der Waals surface area contributed by atoms with E-state index in [1.54, 1.807) is 25.3 Å². The van der Waals surface area contributed by atoms with Crippen molar-refractivity contribution in [3.05, 3.63) is 90.3 Å². The van der Waals surface area contributed by atoms with Crippen LogP contribution < -0.4 is 10.7 Å². The number of methoxy groups -OCH3 is 1. The number of hydrogen-bond donors (Lipinski definition) is 2. The van der Waals surface area contributed by atoms with Crippen molar-refractivity contribution < 1.29 is 38.2 Å². The summed E-state index contributed by atoms with van der Waals surface area (Å²) < 4.78 is 20.1. The summed E-state index contributed by atoms with van der Waals surface area (Å²) >= 11 is 0. The molecular weight excluding hydrogens is 839 g/mol. The normalized spacial score (nSPS) is 23.0. The number of likely N-dealkylation sites (tertiary alicyclic amines) is 1. The molecule has 2 N–H and O–H groups in total. The molecule has 3 saturated heterocycles. The van der Waals surface area contributed by atoms with Crippen molar-refractivity contribution in [1.29, 1.82) is 0 Å². The standard InChI is InChI=1S/C51H63N7O8/c1-8-43(59)56-23-19-35(29-56)48(61)55(6)46(42-20-24-65-42)47(60)53-40-26-32-13-10-14-33(25-32)34-17-18-41-37(27-34)38(45(57(41)9-2)36-15-11-21-52-44(36)31(3)64-7)28-51(4,5)30-66-50(63)39-16-12-22-58(54-39)49(40)62/h8,10-11,13-15,17-18,21,25,27,31,35,39-40,42,46,54H,1,9,12,16,19-20,22-24,26,28-30H2,2-7H3,(H,53,60)/t31-,35?,39-,40-,42+,46-/m0/s1. The van der Waals surface area contributed by atoms with Crippen molar-refractivity contribution in [2.75, 3.05) is 47.0 Å². The number of nitrogens with one attached hydrogen (secondary N) is 2. The number of pyridine rings is 1. The van der Waals surface area contributed by atoms with E-state index in [0.717, 1.165) is 50.1 Å². The monoisotopic (exact) mass is 901 g/mol. The van der Waals surface area contributed by atoms with Gasteiger partial charge in [-0.2, -0.15) is 0 Å². The van der Waals surface area contributed by atoms with Gasteiger partial charge in [0, 0.05) is 81.4 Å². The Kier molecular flexibility index (Phi) is 13.8. The molecule has 6 heterocycles. The molecule has 15 heteroatoms. The van der Waals surface area contributed by atoms with Crippen molar-refractivity contribution >= 4 is 40.5 Å². The highest BCUT2D eigenvalue weighted by molar-refractivity contribution is 5.96. The minimum absolute atomic E-state index is 0.127. The van der Waals surface area contributed by atoms with Gasteiger partial charge in [-0.1, -0.05) is 50.8 Å². The summed E-state index contributed by atoms with van der Waals surface area (Å²) in [5.74, 6) is -2.41. The van der Waals surface area contributed by atoms with Gasteiger partial charge < -0.3 is 33.9 Å². The molecular formula is C51H63N7O8. The van der Waals surface area contributed by atoms with Crippen LogP contribution in [0.1, 0.15) is 76.3 Å². The van der Waals surface area contributed by atoms with Gasteiger partial charge in [-0.05, 0) is 98.5 Å². The van der Waals surface area contributed by atoms with Gasteiger partial charge in [0.1, 0.15) is 18.1 Å².